The lowest BCUT2D eigenvalue weighted by molar-refractivity contribution is -0.150. The molecule has 0 aromatic carbocycles. The van der Waals surface area contributed by atoms with Crippen molar-refractivity contribution in [2.75, 3.05) is 0 Å². The molecule has 0 aliphatic heterocycles. The van der Waals surface area contributed by atoms with E-state index in [0.29, 0.717) is 12.8 Å². The van der Waals surface area contributed by atoms with Crippen LogP contribution >= 0.6 is 0 Å². The van der Waals surface area contributed by atoms with Crippen molar-refractivity contribution in [1.29, 1.82) is 0 Å². The number of carboxylic acid groups (broad SMARTS) is 1. The van der Waals surface area contributed by atoms with E-state index in [4.69, 9.17) is 5.73 Å². The van der Waals surface area contributed by atoms with Crippen molar-refractivity contribution in [2.45, 2.75) is 70.9 Å². The van der Waals surface area contributed by atoms with Crippen molar-refractivity contribution >= 4 is 11.9 Å². The Morgan fingerprint density at radius 3 is 2.38 bits per heavy atom. The van der Waals surface area contributed by atoms with Crippen LogP contribution in [0.4, 0.5) is 0 Å². The predicted molar refractivity (Wildman–Crippen MR) is 80.6 cm³/mol. The lowest BCUT2D eigenvalue weighted by Crippen LogP contribution is -2.55. The van der Waals surface area contributed by atoms with Crippen molar-refractivity contribution in [2.24, 2.45) is 23.0 Å². The zero-order chi connectivity index (χ0) is 15.8. The van der Waals surface area contributed by atoms with E-state index in [9.17, 15) is 14.7 Å². The minimum absolute atomic E-state index is 0.0126. The van der Waals surface area contributed by atoms with Crippen LogP contribution in [0.1, 0.15) is 59.3 Å². The summed E-state index contributed by atoms with van der Waals surface area (Å²) in [7, 11) is 0. The largest absolute Gasteiger partial charge is 0.481 e. The summed E-state index contributed by atoms with van der Waals surface area (Å²) in [6.45, 7) is 6.03. The van der Waals surface area contributed by atoms with Gasteiger partial charge in [-0.15, -0.1) is 0 Å². The van der Waals surface area contributed by atoms with Gasteiger partial charge in [0.2, 0.25) is 5.91 Å². The van der Waals surface area contributed by atoms with Crippen LogP contribution in [0.15, 0.2) is 0 Å². The average Bonchev–Trinajstić information content (AvgIpc) is 2.32. The summed E-state index contributed by atoms with van der Waals surface area (Å²) in [5, 5.41) is 12.4. The molecule has 3 unspecified atom stereocenters. The van der Waals surface area contributed by atoms with E-state index in [1.54, 1.807) is 0 Å². The Hall–Kier alpha value is -1.10. The van der Waals surface area contributed by atoms with Gasteiger partial charge in [0.15, 0.2) is 0 Å². The molecule has 0 radical (unpaired) electrons. The van der Waals surface area contributed by atoms with Gasteiger partial charge in [0.1, 0.15) is 0 Å². The molecule has 21 heavy (non-hydrogen) atoms. The number of carboxylic acids is 1. The van der Waals surface area contributed by atoms with Crippen molar-refractivity contribution in [3.8, 4) is 0 Å². The van der Waals surface area contributed by atoms with Crippen molar-refractivity contribution in [3.63, 3.8) is 0 Å². The second-order valence-electron chi connectivity index (χ2n) is 7.64. The molecule has 2 aliphatic carbocycles. The molecule has 2 rings (SSSR count). The average molecular weight is 296 g/mol. The Bertz CT molecular complexity index is 429. The molecule has 0 heterocycles. The molecule has 5 heteroatoms. The summed E-state index contributed by atoms with van der Waals surface area (Å²) >= 11 is 0. The molecular weight excluding hydrogens is 268 g/mol. The topological polar surface area (TPSA) is 92.4 Å². The van der Waals surface area contributed by atoms with Crippen LogP contribution in [0.25, 0.3) is 0 Å². The summed E-state index contributed by atoms with van der Waals surface area (Å²) in [6, 6.07) is 0.0479. The number of carbonyl (C=O) groups excluding carboxylic acids is 1. The Labute approximate surface area is 126 Å². The smallest absolute Gasteiger partial charge is 0.307 e. The Morgan fingerprint density at radius 1 is 1.29 bits per heavy atom. The second kappa shape index (κ2) is 5.59. The third-order valence-electron chi connectivity index (χ3n) is 5.95. The van der Waals surface area contributed by atoms with E-state index in [1.807, 2.05) is 20.8 Å². The first-order chi connectivity index (χ1) is 9.66. The summed E-state index contributed by atoms with van der Waals surface area (Å²) < 4.78 is 0. The summed E-state index contributed by atoms with van der Waals surface area (Å²) in [5.41, 5.74) is 5.50. The zero-order valence-electron chi connectivity index (χ0n) is 13.3. The van der Waals surface area contributed by atoms with E-state index in [0.717, 1.165) is 25.7 Å². The monoisotopic (exact) mass is 296 g/mol. The van der Waals surface area contributed by atoms with Crippen LogP contribution in [0.5, 0.6) is 0 Å². The molecule has 2 saturated carbocycles. The third-order valence-corrected chi connectivity index (χ3v) is 5.95. The molecule has 0 aromatic rings. The number of aliphatic carboxylic acids is 1. The fourth-order valence-electron chi connectivity index (χ4n) is 3.83. The molecule has 3 atom stereocenters. The number of nitrogens with one attached hydrogen (secondary N) is 1. The van der Waals surface area contributed by atoms with Gasteiger partial charge in [0.25, 0.3) is 0 Å². The molecule has 4 N–H and O–H groups in total. The van der Waals surface area contributed by atoms with E-state index < -0.39 is 5.97 Å². The standard InChI is InChI=1S/C16H28N2O3/c1-10-12(6-5-11(14(20)21)15(10,2)3)18-13(19)9-16(17)7-4-8-16/h10-12H,4-9,17H2,1-3H3,(H,18,19)(H,20,21). The molecule has 1 amide bonds. The lowest BCUT2D eigenvalue weighted by atomic mass is 9.61. The van der Waals surface area contributed by atoms with Crippen molar-refractivity contribution in [1.82, 2.24) is 5.32 Å². The quantitative estimate of drug-likeness (QED) is 0.738. The van der Waals surface area contributed by atoms with Gasteiger partial charge in [-0.1, -0.05) is 20.8 Å². The molecule has 5 nitrogen and oxygen atoms in total. The number of nitrogens with two attached hydrogens (primary N) is 1. The first-order valence-electron chi connectivity index (χ1n) is 7.97. The number of hydrogen-bond donors (Lipinski definition) is 3. The molecule has 120 valence electrons. The highest BCUT2D eigenvalue weighted by Crippen LogP contribution is 2.45. The Kier molecular flexibility index (Phi) is 4.34. The highest BCUT2D eigenvalue weighted by molar-refractivity contribution is 5.78. The van der Waals surface area contributed by atoms with Gasteiger partial charge in [-0.05, 0) is 43.4 Å². The molecule has 2 fully saturated rings. The van der Waals surface area contributed by atoms with E-state index in [-0.39, 0.29) is 34.7 Å². The molecule has 0 bridgehead atoms. The van der Waals surface area contributed by atoms with Gasteiger partial charge in [0.05, 0.1) is 5.92 Å². The molecule has 2 aliphatic rings. The Morgan fingerprint density at radius 2 is 1.90 bits per heavy atom. The maximum atomic E-state index is 12.2. The van der Waals surface area contributed by atoms with E-state index in [1.165, 1.54) is 0 Å². The number of amides is 1. The van der Waals surface area contributed by atoms with Crippen LogP contribution in [-0.4, -0.2) is 28.6 Å². The number of carbonyl (C=O) groups is 2. The third kappa shape index (κ3) is 3.23. The number of hydrogen-bond acceptors (Lipinski definition) is 3. The van der Waals surface area contributed by atoms with Crippen LogP contribution in [0.3, 0.4) is 0 Å². The maximum Gasteiger partial charge on any atom is 0.307 e. The molecule has 0 spiro atoms. The molecular formula is C16H28N2O3. The maximum absolute atomic E-state index is 12.2. The second-order valence-corrected chi connectivity index (χ2v) is 7.64. The van der Waals surface area contributed by atoms with Crippen LogP contribution in [-0.2, 0) is 9.59 Å². The van der Waals surface area contributed by atoms with Gasteiger partial charge in [0, 0.05) is 18.0 Å². The van der Waals surface area contributed by atoms with Crippen LogP contribution in [0, 0.1) is 17.3 Å². The highest BCUT2D eigenvalue weighted by Gasteiger charge is 2.47. The van der Waals surface area contributed by atoms with Crippen molar-refractivity contribution < 1.29 is 14.7 Å². The first-order valence-corrected chi connectivity index (χ1v) is 7.97. The molecule has 0 aromatic heterocycles. The summed E-state index contributed by atoms with van der Waals surface area (Å²) in [6.07, 6.45) is 4.69. The normalized spacial score (nSPS) is 33.8. The van der Waals surface area contributed by atoms with Gasteiger partial charge >= 0.3 is 5.97 Å². The summed E-state index contributed by atoms with van der Waals surface area (Å²) in [4.78, 5) is 23.6. The van der Waals surface area contributed by atoms with Gasteiger partial charge in [-0.3, -0.25) is 9.59 Å². The van der Waals surface area contributed by atoms with Crippen LogP contribution in [0.2, 0.25) is 0 Å². The number of rotatable bonds is 4. The lowest BCUT2D eigenvalue weighted by Gasteiger charge is -2.46. The minimum atomic E-state index is -0.730. The van der Waals surface area contributed by atoms with Gasteiger partial charge in [-0.25, -0.2) is 0 Å². The van der Waals surface area contributed by atoms with Crippen molar-refractivity contribution in [3.05, 3.63) is 0 Å². The summed E-state index contributed by atoms with van der Waals surface area (Å²) in [5.74, 6) is -0.926. The molecule has 0 saturated heterocycles. The first kappa shape index (κ1) is 16.3. The van der Waals surface area contributed by atoms with Crippen LogP contribution < -0.4 is 11.1 Å². The highest BCUT2D eigenvalue weighted by atomic mass is 16.4. The fraction of sp³-hybridized carbons (Fsp3) is 0.875. The Balaban J connectivity index is 1.95. The zero-order valence-corrected chi connectivity index (χ0v) is 13.3. The predicted octanol–water partition coefficient (Wildman–Crippen LogP) is 1.90. The minimum Gasteiger partial charge on any atom is -0.481 e. The van der Waals surface area contributed by atoms with E-state index >= 15 is 0 Å². The fourth-order valence-corrected chi connectivity index (χ4v) is 3.83. The SMILES string of the molecule is CC1C(NC(=O)CC2(N)CCC2)CCC(C(=O)O)C1(C)C. The van der Waals surface area contributed by atoms with E-state index in [2.05, 4.69) is 5.32 Å². The van der Waals surface area contributed by atoms with Gasteiger partial charge < -0.3 is 16.2 Å². The van der Waals surface area contributed by atoms with Gasteiger partial charge in [-0.2, -0.15) is 0 Å².